The summed E-state index contributed by atoms with van der Waals surface area (Å²) in [7, 11) is 0. The Labute approximate surface area is 435 Å². The smallest absolute Gasteiger partial charge is 0.190 e. The summed E-state index contributed by atoms with van der Waals surface area (Å²) in [4.78, 5) is 11.6. The number of nitrogens with zero attached hydrogens (tertiary/aromatic N) is 3. The molecule has 0 saturated heterocycles. The summed E-state index contributed by atoms with van der Waals surface area (Å²) in [6.45, 7) is 20.0. The van der Waals surface area contributed by atoms with Crippen LogP contribution in [-0.4, -0.2) is 19.6 Å². The first-order valence-corrected chi connectivity index (χ1v) is 26.5. The Morgan fingerprint density at radius 1 is 0.486 bits per heavy atom. The molecule has 6 heteroatoms. The van der Waals surface area contributed by atoms with E-state index in [0.29, 0.717) is 11.4 Å². The van der Waals surface area contributed by atoms with Gasteiger partial charge in [0, 0.05) is 38.4 Å². The van der Waals surface area contributed by atoms with Crippen molar-refractivity contribution in [3.63, 3.8) is 0 Å². The van der Waals surface area contributed by atoms with E-state index in [1.54, 1.807) is 11.3 Å². The number of furan rings is 1. The lowest BCUT2D eigenvalue weighted by atomic mass is 9.79. The zero-order valence-corrected chi connectivity index (χ0v) is 44.2. The summed E-state index contributed by atoms with van der Waals surface area (Å²) in [5.41, 5.74) is 13.2. The van der Waals surface area contributed by atoms with E-state index in [9.17, 15) is 5.11 Å². The Bertz CT molecular complexity index is 4400. The van der Waals surface area contributed by atoms with Crippen molar-refractivity contribution < 1.29 is 9.52 Å². The molecule has 13 rings (SSSR count). The second kappa shape index (κ2) is 16.5. The molecule has 9 aromatic carbocycles. The number of rotatable bonds is 5. The summed E-state index contributed by atoms with van der Waals surface area (Å²) >= 11 is 1.66. The molecule has 13 aromatic rings. The molecule has 0 atom stereocenters. The maximum atomic E-state index is 12.6. The summed E-state index contributed by atoms with van der Waals surface area (Å²) in [5, 5.41) is 23.3. The summed E-state index contributed by atoms with van der Waals surface area (Å²) in [5.74, 6) is 0.918. The Hall–Kier alpha value is -8.06. The normalized spacial score (nSPS) is 12.7. The SMILES string of the molecule is CC(C)(C)c1ccc(-n2c(-c3cc(C(C)(C)C)cc(C(C)(C)C)c3O)nc3c4c(ccc32)oc2sc3ccc(-c5cc(-c6ccc7c8ccccc8c8ccccc8c7c6)ccn5)cc3c24)c(-c2ccccc2)c1. The van der Waals surface area contributed by atoms with Gasteiger partial charge >= 0.3 is 0 Å². The van der Waals surface area contributed by atoms with Gasteiger partial charge in [0.05, 0.1) is 27.8 Å². The molecule has 74 heavy (non-hydrogen) atoms. The molecule has 1 N–H and O–H groups in total. The molecule has 4 heterocycles. The molecule has 0 spiro atoms. The topological polar surface area (TPSA) is 64.1 Å². The van der Waals surface area contributed by atoms with Gasteiger partial charge in [-0.15, -0.1) is 0 Å². The van der Waals surface area contributed by atoms with Gasteiger partial charge in [-0.3, -0.25) is 9.55 Å². The molecular formula is C68H57N3O2S. The quantitative estimate of drug-likeness (QED) is 0.175. The first-order valence-electron chi connectivity index (χ1n) is 25.7. The van der Waals surface area contributed by atoms with Crippen LogP contribution in [-0.2, 0) is 16.2 Å². The molecule has 0 bridgehead atoms. The molecular weight excluding hydrogens is 923 g/mol. The first-order chi connectivity index (χ1) is 35.5. The van der Waals surface area contributed by atoms with Gasteiger partial charge in [0.1, 0.15) is 22.7 Å². The number of hydrogen-bond acceptors (Lipinski definition) is 5. The summed E-state index contributed by atoms with van der Waals surface area (Å²) in [6.07, 6.45) is 1.93. The fraction of sp³-hybridized carbons (Fsp3) is 0.176. The third-order valence-electron chi connectivity index (χ3n) is 15.2. The number of benzene rings is 9. The third-order valence-corrected chi connectivity index (χ3v) is 16.3. The highest BCUT2D eigenvalue weighted by atomic mass is 32.1. The van der Waals surface area contributed by atoms with Gasteiger partial charge in [-0.25, -0.2) is 4.98 Å². The van der Waals surface area contributed by atoms with Crippen LogP contribution in [0.5, 0.6) is 5.75 Å². The molecule has 4 aromatic heterocycles. The Balaban J connectivity index is 1.04. The molecule has 0 saturated carbocycles. The number of phenols is 1. The lowest BCUT2D eigenvalue weighted by molar-refractivity contribution is 0.446. The van der Waals surface area contributed by atoms with Gasteiger partial charge in [0.15, 0.2) is 4.90 Å². The number of fused-ring (bicyclic) bond motifs is 13. The Morgan fingerprint density at radius 3 is 1.80 bits per heavy atom. The first kappa shape index (κ1) is 45.8. The van der Waals surface area contributed by atoms with Crippen LogP contribution in [0, 0.1) is 0 Å². The molecule has 0 aliphatic rings. The van der Waals surface area contributed by atoms with Crippen LogP contribution in [0.4, 0.5) is 0 Å². The van der Waals surface area contributed by atoms with E-state index in [1.165, 1.54) is 37.9 Å². The van der Waals surface area contributed by atoms with Crippen molar-refractivity contribution >= 4 is 86.0 Å². The lowest BCUT2D eigenvalue weighted by Crippen LogP contribution is -2.17. The van der Waals surface area contributed by atoms with Crippen LogP contribution in [0.15, 0.2) is 180 Å². The summed E-state index contributed by atoms with van der Waals surface area (Å²) < 4.78 is 10.2. The molecule has 362 valence electrons. The zero-order chi connectivity index (χ0) is 51.0. The number of hydrogen-bond donors (Lipinski definition) is 1. The Kier molecular flexibility index (Phi) is 10.2. The van der Waals surface area contributed by atoms with Crippen molar-refractivity contribution in [1.82, 2.24) is 14.5 Å². The van der Waals surface area contributed by atoms with Crippen molar-refractivity contribution in [3.05, 3.63) is 193 Å². The van der Waals surface area contributed by atoms with Crippen molar-refractivity contribution in [2.45, 2.75) is 78.6 Å². The van der Waals surface area contributed by atoms with E-state index < -0.39 is 0 Å². The third kappa shape index (κ3) is 7.33. The highest BCUT2D eigenvalue weighted by molar-refractivity contribution is 7.25. The molecule has 0 unspecified atom stereocenters. The van der Waals surface area contributed by atoms with Gasteiger partial charge in [-0.2, -0.15) is 0 Å². The number of pyridine rings is 1. The standard InChI is InChI=1S/C68H57N3O2S/c1-66(2,3)43-25-27-56(50(36-43)39-17-11-10-12-18-39)71-57-28-29-58-61(62(57)70-64(71)53-37-44(67(4,5)6)38-54(63(53)72)68(7,8)9)60-52-34-42(24-30-59(52)74-65(60)73-58)55-35-41(31-32-69-55)40-23-26-49-47-21-14-13-19-45(47)46-20-15-16-22-48(46)51(49)33-40/h10-38,72H,1-9H3. The maximum Gasteiger partial charge on any atom is 0.190 e. The highest BCUT2D eigenvalue weighted by Gasteiger charge is 2.31. The molecule has 5 nitrogen and oxygen atoms in total. The maximum absolute atomic E-state index is 12.6. The van der Waals surface area contributed by atoms with Gasteiger partial charge in [-0.1, -0.05) is 183 Å². The van der Waals surface area contributed by atoms with E-state index in [1.807, 2.05) is 6.20 Å². The van der Waals surface area contributed by atoms with Gasteiger partial charge in [-0.05, 0) is 137 Å². The molecule has 0 amide bonds. The van der Waals surface area contributed by atoms with Crippen LogP contribution in [0.1, 0.15) is 79.0 Å². The monoisotopic (exact) mass is 979 g/mol. The largest absolute Gasteiger partial charge is 0.507 e. The zero-order valence-electron chi connectivity index (χ0n) is 43.3. The molecule has 0 aliphatic carbocycles. The van der Waals surface area contributed by atoms with Gasteiger partial charge in [0.2, 0.25) is 0 Å². The minimum Gasteiger partial charge on any atom is -0.507 e. The van der Waals surface area contributed by atoms with E-state index >= 15 is 0 Å². The van der Waals surface area contributed by atoms with E-state index in [4.69, 9.17) is 14.4 Å². The van der Waals surface area contributed by atoms with E-state index in [2.05, 4.69) is 237 Å². The second-order valence-electron chi connectivity index (χ2n) is 23.2. The molecule has 0 aliphatic heterocycles. The fourth-order valence-corrected chi connectivity index (χ4v) is 12.3. The van der Waals surface area contributed by atoms with Crippen molar-refractivity contribution in [3.8, 4) is 56.3 Å². The van der Waals surface area contributed by atoms with Crippen LogP contribution < -0.4 is 0 Å². The number of phenolic OH excluding ortho intramolecular Hbond substituents is 1. The average Bonchev–Trinajstić information content (AvgIpc) is 4.08. The van der Waals surface area contributed by atoms with Crippen LogP contribution in [0.2, 0.25) is 0 Å². The van der Waals surface area contributed by atoms with Crippen LogP contribution >= 0.6 is 11.3 Å². The van der Waals surface area contributed by atoms with Gasteiger partial charge < -0.3 is 9.52 Å². The number of imidazole rings is 1. The second-order valence-corrected chi connectivity index (χ2v) is 24.2. The van der Waals surface area contributed by atoms with E-state index in [0.717, 1.165) is 92.7 Å². The molecule has 0 fully saturated rings. The van der Waals surface area contributed by atoms with Crippen molar-refractivity contribution in [1.29, 1.82) is 0 Å². The van der Waals surface area contributed by atoms with Crippen molar-refractivity contribution in [2.75, 3.05) is 0 Å². The average molecular weight is 980 g/mol. The number of aromatic hydroxyl groups is 1. The number of aromatic nitrogens is 3. The lowest BCUT2D eigenvalue weighted by Gasteiger charge is -2.28. The predicted molar refractivity (Wildman–Crippen MR) is 314 cm³/mol. The number of thiophene rings is 1. The minimum atomic E-state index is -0.341. The molecule has 0 radical (unpaired) electrons. The predicted octanol–water partition coefficient (Wildman–Crippen LogP) is 19.3. The van der Waals surface area contributed by atoms with E-state index in [-0.39, 0.29) is 22.0 Å². The van der Waals surface area contributed by atoms with Crippen molar-refractivity contribution in [2.24, 2.45) is 0 Å². The van der Waals surface area contributed by atoms with Gasteiger partial charge in [0.25, 0.3) is 0 Å². The van der Waals surface area contributed by atoms with Crippen LogP contribution in [0.3, 0.4) is 0 Å². The minimum absolute atomic E-state index is 0.0887. The van der Waals surface area contributed by atoms with Crippen LogP contribution in [0.25, 0.3) is 125 Å². The summed E-state index contributed by atoms with van der Waals surface area (Å²) in [6, 6.07) is 61.4. The highest BCUT2D eigenvalue weighted by Crippen LogP contribution is 2.49. The Morgan fingerprint density at radius 2 is 1.11 bits per heavy atom. The fourth-order valence-electron chi connectivity index (χ4n) is 11.2.